The highest BCUT2D eigenvalue weighted by Gasteiger charge is 2.20. The summed E-state index contributed by atoms with van der Waals surface area (Å²) >= 11 is 0. The summed E-state index contributed by atoms with van der Waals surface area (Å²) in [5, 5.41) is 9.04. The van der Waals surface area contributed by atoms with Crippen molar-refractivity contribution < 1.29 is 9.90 Å². The Morgan fingerprint density at radius 2 is 2.00 bits per heavy atom. The summed E-state index contributed by atoms with van der Waals surface area (Å²) in [5.41, 5.74) is 5.44. The predicted molar refractivity (Wildman–Crippen MR) is 62.6 cm³/mol. The molecular formula is C11H16N4O2. The minimum atomic E-state index is -0.518. The van der Waals surface area contributed by atoms with Gasteiger partial charge >= 0.3 is 0 Å². The van der Waals surface area contributed by atoms with E-state index in [1.54, 1.807) is 0 Å². The van der Waals surface area contributed by atoms with E-state index in [2.05, 4.69) is 14.9 Å². The SMILES string of the molecule is NC(=O)c1cnc(N2CCC(CO)CC2)nc1. The van der Waals surface area contributed by atoms with Crippen molar-refractivity contribution in [3.05, 3.63) is 18.0 Å². The number of carbonyl (C=O) groups excluding carboxylic acids is 1. The lowest BCUT2D eigenvalue weighted by Gasteiger charge is -2.30. The molecule has 1 aromatic rings. The predicted octanol–water partition coefficient (Wildman–Crippen LogP) is -0.216. The Morgan fingerprint density at radius 3 is 2.47 bits per heavy atom. The van der Waals surface area contributed by atoms with Gasteiger partial charge in [0.25, 0.3) is 5.91 Å². The van der Waals surface area contributed by atoms with Crippen molar-refractivity contribution in [3.63, 3.8) is 0 Å². The number of aromatic nitrogens is 2. The van der Waals surface area contributed by atoms with Gasteiger partial charge in [0, 0.05) is 32.1 Å². The Bertz CT molecular complexity index is 385. The number of anilines is 1. The summed E-state index contributed by atoms with van der Waals surface area (Å²) in [4.78, 5) is 21.2. The fourth-order valence-electron chi connectivity index (χ4n) is 1.93. The van der Waals surface area contributed by atoms with Gasteiger partial charge in [-0.1, -0.05) is 0 Å². The first-order valence-corrected chi connectivity index (χ1v) is 5.68. The van der Waals surface area contributed by atoms with Crippen LogP contribution in [-0.4, -0.2) is 40.7 Å². The van der Waals surface area contributed by atoms with Crippen LogP contribution in [0.15, 0.2) is 12.4 Å². The number of carbonyl (C=O) groups is 1. The molecule has 0 aromatic carbocycles. The lowest BCUT2D eigenvalue weighted by Crippen LogP contribution is -2.35. The standard InChI is InChI=1S/C11H16N4O2/c12-10(17)9-5-13-11(14-6-9)15-3-1-8(7-16)2-4-15/h5-6,8,16H,1-4,7H2,(H2,12,17). The molecule has 2 rings (SSSR count). The highest BCUT2D eigenvalue weighted by Crippen LogP contribution is 2.19. The van der Waals surface area contributed by atoms with Gasteiger partial charge in [-0.3, -0.25) is 4.79 Å². The molecule has 0 unspecified atom stereocenters. The Hall–Kier alpha value is -1.69. The molecule has 1 aliphatic rings. The van der Waals surface area contributed by atoms with E-state index in [0.717, 1.165) is 25.9 Å². The Balaban J connectivity index is 2.01. The molecule has 6 nitrogen and oxygen atoms in total. The molecule has 92 valence electrons. The highest BCUT2D eigenvalue weighted by molar-refractivity contribution is 5.92. The molecule has 1 aliphatic heterocycles. The van der Waals surface area contributed by atoms with Gasteiger partial charge in [-0.15, -0.1) is 0 Å². The smallest absolute Gasteiger partial charge is 0.251 e. The minimum absolute atomic E-state index is 0.245. The summed E-state index contributed by atoms with van der Waals surface area (Å²) < 4.78 is 0. The van der Waals surface area contributed by atoms with E-state index >= 15 is 0 Å². The van der Waals surface area contributed by atoms with Gasteiger partial charge in [0.2, 0.25) is 5.95 Å². The Kier molecular flexibility index (Phi) is 3.53. The van der Waals surface area contributed by atoms with Crippen molar-refractivity contribution in [1.29, 1.82) is 0 Å². The van der Waals surface area contributed by atoms with Crippen LogP contribution >= 0.6 is 0 Å². The quantitative estimate of drug-likeness (QED) is 0.757. The van der Waals surface area contributed by atoms with Crippen LogP contribution in [0, 0.1) is 5.92 Å². The number of primary amides is 1. The number of nitrogens with two attached hydrogens (primary N) is 1. The van der Waals surface area contributed by atoms with E-state index in [9.17, 15) is 4.79 Å². The number of aliphatic hydroxyl groups excluding tert-OH is 1. The first kappa shape index (κ1) is 11.8. The van der Waals surface area contributed by atoms with Gasteiger partial charge in [0.05, 0.1) is 5.56 Å². The van der Waals surface area contributed by atoms with Gasteiger partial charge in [-0.25, -0.2) is 9.97 Å². The number of hydrogen-bond donors (Lipinski definition) is 2. The van der Waals surface area contributed by atoms with Crippen molar-refractivity contribution >= 4 is 11.9 Å². The number of amides is 1. The van der Waals surface area contributed by atoms with Crippen LogP contribution in [0.1, 0.15) is 23.2 Å². The average molecular weight is 236 g/mol. The Labute approximate surface area is 99.5 Å². The molecule has 17 heavy (non-hydrogen) atoms. The maximum atomic E-state index is 10.9. The highest BCUT2D eigenvalue weighted by atomic mass is 16.3. The number of hydrogen-bond acceptors (Lipinski definition) is 5. The second-order valence-corrected chi connectivity index (χ2v) is 4.25. The van der Waals surface area contributed by atoms with E-state index in [1.807, 2.05) is 0 Å². The molecule has 0 aliphatic carbocycles. The largest absolute Gasteiger partial charge is 0.396 e. The van der Waals surface area contributed by atoms with Crippen molar-refractivity contribution in [2.24, 2.45) is 11.7 Å². The topological polar surface area (TPSA) is 92.3 Å². The van der Waals surface area contributed by atoms with E-state index in [0.29, 0.717) is 17.4 Å². The molecule has 6 heteroatoms. The van der Waals surface area contributed by atoms with E-state index < -0.39 is 5.91 Å². The average Bonchev–Trinajstić information content (AvgIpc) is 2.39. The lowest BCUT2D eigenvalue weighted by molar-refractivity contribution is 0.0999. The third kappa shape index (κ3) is 2.71. The Morgan fingerprint density at radius 1 is 1.41 bits per heavy atom. The van der Waals surface area contributed by atoms with Gasteiger partial charge < -0.3 is 15.7 Å². The zero-order valence-electron chi connectivity index (χ0n) is 9.54. The fourth-order valence-corrected chi connectivity index (χ4v) is 1.93. The van der Waals surface area contributed by atoms with Crippen LogP contribution < -0.4 is 10.6 Å². The summed E-state index contributed by atoms with van der Waals surface area (Å²) in [6.45, 7) is 1.91. The second-order valence-electron chi connectivity index (χ2n) is 4.25. The van der Waals surface area contributed by atoms with Gasteiger partial charge in [0.1, 0.15) is 0 Å². The van der Waals surface area contributed by atoms with E-state index in [1.165, 1.54) is 12.4 Å². The normalized spacial score (nSPS) is 17.1. The third-order valence-corrected chi connectivity index (χ3v) is 3.08. The van der Waals surface area contributed by atoms with E-state index in [4.69, 9.17) is 10.8 Å². The number of rotatable bonds is 3. The molecule has 0 spiro atoms. The van der Waals surface area contributed by atoms with Crippen molar-refractivity contribution in [2.75, 3.05) is 24.6 Å². The van der Waals surface area contributed by atoms with Crippen molar-refractivity contribution in [2.45, 2.75) is 12.8 Å². The maximum absolute atomic E-state index is 10.9. The minimum Gasteiger partial charge on any atom is -0.396 e. The van der Waals surface area contributed by atoms with Gasteiger partial charge in [-0.2, -0.15) is 0 Å². The lowest BCUT2D eigenvalue weighted by atomic mass is 9.98. The summed E-state index contributed by atoms with van der Waals surface area (Å²) in [7, 11) is 0. The molecular weight excluding hydrogens is 220 g/mol. The van der Waals surface area contributed by atoms with E-state index in [-0.39, 0.29) is 6.61 Å². The van der Waals surface area contributed by atoms with Crippen LogP contribution in [0.4, 0.5) is 5.95 Å². The molecule has 0 saturated carbocycles. The van der Waals surface area contributed by atoms with Crippen LogP contribution in [-0.2, 0) is 0 Å². The molecule has 0 radical (unpaired) electrons. The third-order valence-electron chi connectivity index (χ3n) is 3.08. The molecule has 1 saturated heterocycles. The monoisotopic (exact) mass is 236 g/mol. The zero-order chi connectivity index (χ0) is 12.3. The van der Waals surface area contributed by atoms with Crippen LogP contribution in [0.2, 0.25) is 0 Å². The molecule has 1 aromatic heterocycles. The number of piperidine rings is 1. The molecule has 3 N–H and O–H groups in total. The summed E-state index contributed by atoms with van der Waals surface area (Å²) in [6.07, 6.45) is 4.78. The fraction of sp³-hybridized carbons (Fsp3) is 0.545. The van der Waals surface area contributed by atoms with Crippen LogP contribution in [0.5, 0.6) is 0 Å². The first-order chi connectivity index (χ1) is 8.20. The summed E-state index contributed by atoms with van der Waals surface area (Å²) in [6, 6.07) is 0. The van der Waals surface area contributed by atoms with Crippen molar-refractivity contribution in [3.8, 4) is 0 Å². The summed E-state index contributed by atoms with van der Waals surface area (Å²) in [5.74, 6) is 0.484. The van der Waals surface area contributed by atoms with Crippen LogP contribution in [0.3, 0.4) is 0 Å². The number of aliphatic hydroxyl groups is 1. The maximum Gasteiger partial charge on any atom is 0.251 e. The molecule has 0 bridgehead atoms. The zero-order valence-corrected chi connectivity index (χ0v) is 9.54. The van der Waals surface area contributed by atoms with Crippen molar-refractivity contribution in [1.82, 2.24) is 9.97 Å². The van der Waals surface area contributed by atoms with Gasteiger partial charge in [-0.05, 0) is 18.8 Å². The molecule has 2 heterocycles. The van der Waals surface area contributed by atoms with Crippen LogP contribution in [0.25, 0.3) is 0 Å². The molecule has 1 fully saturated rings. The van der Waals surface area contributed by atoms with Gasteiger partial charge in [0.15, 0.2) is 0 Å². The molecule has 0 atom stereocenters. The molecule has 1 amide bonds. The first-order valence-electron chi connectivity index (χ1n) is 5.68. The number of nitrogens with zero attached hydrogens (tertiary/aromatic N) is 3. The second kappa shape index (κ2) is 5.09.